The lowest BCUT2D eigenvalue weighted by Gasteiger charge is -2.31. The van der Waals surface area contributed by atoms with Gasteiger partial charge >= 0.3 is 0 Å². The van der Waals surface area contributed by atoms with Gasteiger partial charge in [-0.25, -0.2) is 0 Å². The number of nitrogens with zero attached hydrogens (tertiary/aromatic N) is 1. The van der Waals surface area contributed by atoms with Crippen molar-refractivity contribution in [2.75, 3.05) is 23.3 Å². The molecule has 3 heteroatoms. The van der Waals surface area contributed by atoms with Crippen LogP contribution in [0.15, 0.2) is 48.5 Å². The average Bonchev–Trinajstić information content (AvgIpc) is 2.73. The van der Waals surface area contributed by atoms with Gasteiger partial charge in [-0.1, -0.05) is 43.6 Å². The SMILES string of the molecule is CC1N(CCCNc2ccccc2)c2ccc(Cl)cc2C1(C)C. The van der Waals surface area contributed by atoms with Crippen LogP contribution in [-0.2, 0) is 5.41 Å². The van der Waals surface area contributed by atoms with Gasteiger partial charge in [-0.3, -0.25) is 0 Å². The Hall–Kier alpha value is -1.67. The third-order valence-corrected chi connectivity index (χ3v) is 5.39. The lowest BCUT2D eigenvalue weighted by molar-refractivity contribution is 0.440. The zero-order valence-electron chi connectivity index (χ0n) is 14.1. The van der Waals surface area contributed by atoms with Gasteiger partial charge in [0.25, 0.3) is 0 Å². The van der Waals surface area contributed by atoms with Crippen LogP contribution in [0.2, 0.25) is 5.02 Å². The Kier molecular flexibility index (Phi) is 4.54. The Balaban J connectivity index is 1.65. The van der Waals surface area contributed by atoms with Gasteiger partial charge in [-0.05, 0) is 49.2 Å². The van der Waals surface area contributed by atoms with Crippen LogP contribution in [0.25, 0.3) is 0 Å². The minimum Gasteiger partial charge on any atom is -0.385 e. The number of halogens is 1. The Bertz CT molecular complexity index is 667. The average molecular weight is 329 g/mol. The lowest BCUT2D eigenvalue weighted by Crippen LogP contribution is -2.39. The highest BCUT2D eigenvalue weighted by molar-refractivity contribution is 6.30. The van der Waals surface area contributed by atoms with Crippen LogP contribution in [0.5, 0.6) is 0 Å². The minimum absolute atomic E-state index is 0.132. The van der Waals surface area contributed by atoms with E-state index in [1.165, 1.54) is 16.9 Å². The van der Waals surface area contributed by atoms with Gasteiger partial charge in [-0.2, -0.15) is 0 Å². The number of hydrogen-bond acceptors (Lipinski definition) is 2. The predicted octanol–water partition coefficient (Wildman–Crippen LogP) is 5.33. The molecule has 0 fully saturated rings. The maximum absolute atomic E-state index is 6.21. The maximum Gasteiger partial charge on any atom is 0.0410 e. The monoisotopic (exact) mass is 328 g/mol. The topological polar surface area (TPSA) is 15.3 Å². The first kappa shape index (κ1) is 16.2. The van der Waals surface area contributed by atoms with Crippen LogP contribution < -0.4 is 10.2 Å². The molecule has 122 valence electrons. The van der Waals surface area contributed by atoms with Crippen LogP contribution in [0, 0.1) is 0 Å². The van der Waals surface area contributed by atoms with E-state index in [2.05, 4.69) is 67.4 Å². The highest BCUT2D eigenvalue weighted by atomic mass is 35.5. The molecule has 1 aliphatic heterocycles. The Morgan fingerprint density at radius 3 is 2.61 bits per heavy atom. The molecule has 3 rings (SSSR count). The summed E-state index contributed by atoms with van der Waals surface area (Å²) in [6.07, 6.45) is 1.11. The summed E-state index contributed by atoms with van der Waals surface area (Å²) in [5.41, 5.74) is 4.03. The van der Waals surface area contributed by atoms with E-state index >= 15 is 0 Å². The summed E-state index contributed by atoms with van der Waals surface area (Å²) in [6, 6.07) is 17.2. The number of para-hydroxylation sites is 1. The number of hydrogen-bond donors (Lipinski definition) is 1. The molecule has 23 heavy (non-hydrogen) atoms. The van der Waals surface area contributed by atoms with E-state index < -0.39 is 0 Å². The summed E-state index contributed by atoms with van der Waals surface area (Å²) in [4.78, 5) is 2.53. The molecule has 0 aliphatic carbocycles. The molecule has 1 aliphatic rings. The Morgan fingerprint density at radius 2 is 1.87 bits per heavy atom. The van der Waals surface area contributed by atoms with Gasteiger partial charge in [0.15, 0.2) is 0 Å². The van der Waals surface area contributed by atoms with Crippen LogP contribution >= 0.6 is 11.6 Å². The fraction of sp³-hybridized carbons (Fsp3) is 0.400. The number of benzene rings is 2. The molecular formula is C20H25ClN2. The molecule has 0 aromatic heterocycles. The third-order valence-electron chi connectivity index (χ3n) is 5.15. The summed E-state index contributed by atoms with van der Waals surface area (Å²) in [6.45, 7) is 8.98. The van der Waals surface area contributed by atoms with E-state index in [4.69, 9.17) is 11.6 Å². The van der Waals surface area contributed by atoms with Gasteiger partial charge in [-0.15, -0.1) is 0 Å². The molecule has 2 nitrogen and oxygen atoms in total. The second-order valence-electron chi connectivity index (χ2n) is 6.90. The molecular weight excluding hydrogens is 304 g/mol. The lowest BCUT2D eigenvalue weighted by atomic mass is 9.81. The maximum atomic E-state index is 6.21. The summed E-state index contributed by atoms with van der Waals surface area (Å²) < 4.78 is 0. The molecule has 0 radical (unpaired) electrons. The van der Waals surface area contributed by atoms with Crippen molar-refractivity contribution in [3.63, 3.8) is 0 Å². The number of rotatable bonds is 5. The van der Waals surface area contributed by atoms with E-state index in [1.807, 2.05) is 12.1 Å². The van der Waals surface area contributed by atoms with Crippen molar-refractivity contribution in [2.24, 2.45) is 0 Å². The van der Waals surface area contributed by atoms with Crippen LogP contribution in [-0.4, -0.2) is 19.1 Å². The summed E-state index contributed by atoms with van der Waals surface area (Å²) >= 11 is 6.21. The molecule has 1 N–H and O–H groups in total. The number of fused-ring (bicyclic) bond motifs is 1. The van der Waals surface area contributed by atoms with E-state index in [0.717, 1.165) is 24.5 Å². The van der Waals surface area contributed by atoms with Crippen molar-refractivity contribution in [2.45, 2.75) is 38.6 Å². The highest BCUT2D eigenvalue weighted by Gasteiger charge is 2.41. The van der Waals surface area contributed by atoms with E-state index in [0.29, 0.717) is 6.04 Å². The molecule has 2 aromatic carbocycles. The third kappa shape index (κ3) is 3.18. The minimum atomic E-state index is 0.132. The second-order valence-corrected chi connectivity index (χ2v) is 7.34. The molecule has 0 bridgehead atoms. The molecule has 0 saturated carbocycles. The summed E-state index contributed by atoms with van der Waals surface area (Å²) in [5.74, 6) is 0. The zero-order valence-corrected chi connectivity index (χ0v) is 14.9. The number of anilines is 2. The van der Waals surface area contributed by atoms with Crippen LogP contribution in [0.4, 0.5) is 11.4 Å². The van der Waals surface area contributed by atoms with Crippen molar-refractivity contribution < 1.29 is 0 Å². The fourth-order valence-corrected chi connectivity index (χ4v) is 3.62. The molecule has 1 heterocycles. The first-order chi connectivity index (χ1) is 11.0. The summed E-state index contributed by atoms with van der Waals surface area (Å²) in [5, 5.41) is 4.32. The second kappa shape index (κ2) is 6.45. The Labute approximate surface area is 144 Å². The predicted molar refractivity (Wildman–Crippen MR) is 101 cm³/mol. The van der Waals surface area contributed by atoms with E-state index in [-0.39, 0.29) is 5.41 Å². The first-order valence-corrected chi connectivity index (χ1v) is 8.73. The first-order valence-electron chi connectivity index (χ1n) is 8.36. The fourth-order valence-electron chi connectivity index (χ4n) is 3.45. The molecule has 1 unspecified atom stereocenters. The molecule has 1 atom stereocenters. The summed E-state index contributed by atoms with van der Waals surface area (Å²) in [7, 11) is 0. The van der Waals surface area contributed by atoms with Gasteiger partial charge in [0.1, 0.15) is 0 Å². The van der Waals surface area contributed by atoms with Gasteiger partial charge < -0.3 is 10.2 Å². The zero-order chi connectivity index (χ0) is 16.4. The smallest absolute Gasteiger partial charge is 0.0410 e. The Morgan fingerprint density at radius 1 is 1.13 bits per heavy atom. The quantitative estimate of drug-likeness (QED) is 0.746. The molecule has 0 spiro atoms. The molecule has 0 saturated heterocycles. The van der Waals surface area contributed by atoms with E-state index in [1.54, 1.807) is 0 Å². The van der Waals surface area contributed by atoms with Gasteiger partial charge in [0, 0.05) is 40.9 Å². The molecule has 0 amide bonds. The normalized spacial score (nSPS) is 18.8. The largest absolute Gasteiger partial charge is 0.385 e. The standard InChI is InChI=1S/C20H25ClN2/c1-15-20(2,3)18-14-16(21)10-11-19(18)23(15)13-7-12-22-17-8-5-4-6-9-17/h4-6,8-11,14-15,22H,7,12-13H2,1-3H3. The van der Waals surface area contributed by atoms with Gasteiger partial charge in [0.05, 0.1) is 0 Å². The van der Waals surface area contributed by atoms with Gasteiger partial charge in [0.2, 0.25) is 0 Å². The van der Waals surface area contributed by atoms with Crippen molar-refractivity contribution in [1.29, 1.82) is 0 Å². The van der Waals surface area contributed by atoms with Crippen molar-refractivity contribution in [3.05, 3.63) is 59.1 Å². The van der Waals surface area contributed by atoms with Crippen LogP contribution in [0.3, 0.4) is 0 Å². The highest BCUT2D eigenvalue weighted by Crippen LogP contribution is 2.45. The van der Waals surface area contributed by atoms with E-state index in [9.17, 15) is 0 Å². The van der Waals surface area contributed by atoms with Crippen molar-refractivity contribution in [3.8, 4) is 0 Å². The van der Waals surface area contributed by atoms with Crippen molar-refractivity contribution >= 4 is 23.0 Å². The van der Waals surface area contributed by atoms with Crippen LogP contribution in [0.1, 0.15) is 32.8 Å². The van der Waals surface area contributed by atoms with Crippen molar-refractivity contribution in [1.82, 2.24) is 0 Å². The molecule has 2 aromatic rings. The number of nitrogens with one attached hydrogen (secondary N) is 1.